The van der Waals surface area contributed by atoms with Crippen molar-refractivity contribution in [1.29, 1.82) is 0 Å². The number of aryl methyl sites for hydroxylation is 2. The highest BCUT2D eigenvalue weighted by molar-refractivity contribution is 7.18. The first-order valence-corrected chi connectivity index (χ1v) is 9.88. The third kappa shape index (κ3) is 3.48. The number of thiophene rings is 1. The fourth-order valence-corrected chi connectivity index (χ4v) is 5.02. The molecule has 1 atom stereocenters. The Morgan fingerprint density at radius 1 is 1.31 bits per heavy atom. The summed E-state index contributed by atoms with van der Waals surface area (Å²) in [4.78, 5) is 40.0. The van der Waals surface area contributed by atoms with Gasteiger partial charge in [0.25, 0.3) is 5.56 Å². The number of carbonyl (C=O) groups is 1. The average molecular weight is 379 g/mol. The zero-order chi connectivity index (χ0) is 19.0. The first-order chi connectivity index (χ1) is 12.3. The molecule has 3 rings (SSSR count). The Bertz CT molecular complexity index is 954. The Kier molecular flexibility index (Phi) is 5.34. The molecule has 0 saturated carbocycles. The minimum absolute atomic E-state index is 0.475. The van der Waals surface area contributed by atoms with Crippen molar-refractivity contribution in [1.82, 2.24) is 9.13 Å². The number of quaternary nitrogens is 1. The minimum Gasteiger partial charge on any atom is -0.548 e. The maximum atomic E-state index is 12.9. The summed E-state index contributed by atoms with van der Waals surface area (Å²) < 4.78 is 2.42. The van der Waals surface area contributed by atoms with Crippen LogP contribution in [0.1, 0.15) is 30.2 Å². The van der Waals surface area contributed by atoms with Crippen LogP contribution in [0.3, 0.4) is 0 Å². The van der Waals surface area contributed by atoms with Crippen LogP contribution in [-0.4, -0.2) is 35.7 Å². The van der Waals surface area contributed by atoms with Crippen LogP contribution in [0.2, 0.25) is 0 Å². The predicted molar refractivity (Wildman–Crippen MR) is 98.8 cm³/mol. The van der Waals surface area contributed by atoms with Crippen LogP contribution in [0.5, 0.6) is 0 Å². The molecule has 0 saturated heterocycles. The summed E-state index contributed by atoms with van der Waals surface area (Å²) in [6.07, 6.45) is 3.56. The SMILES string of the molecule is C[C@@H]1CCc2sc3c(c2C1)c(=O)n(CC(=O)[O-])c(=O)n3CCC[NH+](C)C. The maximum Gasteiger partial charge on any atom is 0.332 e. The van der Waals surface area contributed by atoms with Gasteiger partial charge in [-0.1, -0.05) is 6.92 Å². The molecule has 2 aromatic rings. The standard InChI is InChI=1S/C18H25N3O4S/c1-11-5-6-13-12(9-11)15-16(24)21(10-14(22)23)18(25)20(17(15)26-13)8-4-7-19(2)3/h11H,4-10H2,1-3H3,(H,22,23)/t11-/m1/s1. The number of aliphatic carboxylic acids is 1. The number of fused-ring (bicyclic) bond motifs is 3. The number of carbonyl (C=O) groups excluding carboxylic acids is 1. The molecule has 0 spiro atoms. The molecule has 0 amide bonds. The van der Waals surface area contributed by atoms with Crippen molar-refractivity contribution in [2.45, 2.75) is 45.7 Å². The summed E-state index contributed by atoms with van der Waals surface area (Å²) in [5.41, 5.74) is -0.0322. The maximum absolute atomic E-state index is 12.9. The lowest BCUT2D eigenvalue weighted by Gasteiger charge is -2.18. The molecule has 8 heteroatoms. The van der Waals surface area contributed by atoms with E-state index in [9.17, 15) is 19.5 Å². The zero-order valence-corrected chi connectivity index (χ0v) is 16.3. The Morgan fingerprint density at radius 2 is 2.04 bits per heavy atom. The van der Waals surface area contributed by atoms with E-state index in [-0.39, 0.29) is 0 Å². The molecule has 1 aliphatic rings. The molecule has 26 heavy (non-hydrogen) atoms. The number of nitrogens with zero attached hydrogens (tertiary/aromatic N) is 2. The second kappa shape index (κ2) is 7.36. The Hall–Kier alpha value is -1.93. The van der Waals surface area contributed by atoms with E-state index in [0.717, 1.165) is 47.2 Å². The van der Waals surface area contributed by atoms with Gasteiger partial charge in [-0.2, -0.15) is 0 Å². The molecule has 0 aromatic carbocycles. The van der Waals surface area contributed by atoms with Crippen LogP contribution in [-0.2, 0) is 30.7 Å². The molecular weight excluding hydrogens is 354 g/mol. The highest BCUT2D eigenvalue weighted by atomic mass is 32.1. The van der Waals surface area contributed by atoms with Gasteiger partial charge in [0, 0.05) is 17.8 Å². The quantitative estimate of drug-likeness (QED) is 0.671. The minimum atomic E-state index is -1.43. The smallest absolute Gasteiger partial charge is 0.332 e. The molecular formula is C18H25N3O4S. The van der Waals surface area contributed by atoms with Crippen molar-refractivity contribution >= 4 is 27.5 Å². The highest BCUT2D eigenvalue weighted by Gasteiger charge is 2.25. The van der Waals surface area contributed by atoms with Crippen molar-refractivity contribution in [2.24, 2.45) is 5.92 Å². The summed E-state index contributed by atoms with van der Waals surface area (Å²) in [5.74, 6) is -0.947. The van der Waals surface area contributed by atoms with E-state index < -0.39 is 23.8 Å². The Labute approximate surface area is 155 Å². The van der Waals surface area contributed by atoms with Crippen LogP contribution in [0.15, 0.2) is 9.59 Å². The summed E-state index contributed by atoms with van der Waals surface area (Å²) in [6, 6.07) is 0. The molecule has 1 N–H and O–H groups in total. The molecule has 7 nitrogen and oxygen atoms in total. The van der Waals surface area contributed by atoms with Gasteiger partial charge in [0.15, 0.2) is 0 Å². The van der Waals surface area contributed by atoms with Gasteiger partial charge in [-0.05, 0) is 30.7 Å². The van der Waals surface area contributed by atoms with E-state index in [2.05, 4.69) is 6.92 Å². The van der Waals surface area contributed by atoms with Gasteiger partial charge in [0.05, 0.1) is 38.5 Å². The van der Waals surface area contributed by atoms with Crippen LogP contribution in [0.4, 0.5) is 0 Å². The van der Waals surface area contributed by atoms with Gasteiger partial charge in [0.1, 0.15) is 4.83 Å². The molecule has 0 unspecified atom stereocenters. The van der Waals surface area contributed by atoms with E-state index in [1.165, 1.54) is 16.2 Å². The Balaban J connectivity index is 2.21. The van der Waals surface area contributed by atoms with E-state index >= 15 is 0 Å². The van der Waals surface area contributed by atoms with Gasteiger partial charge in [-0.15, -0.1) is 11.3 Å². The summed E-state index contributed by atoms with van der Waals surface area (Å²) in [7, 11) is 4.08. The highest BCUT2D eigenvalue weighted by Crippen LogP contribution is 2.36. The van der Waals surface area contributed by atoms with E-state index in [1.54, 1.807) is 4.57 Å². The number of nitrogens with one attached hydrogen (secondary N) is 1. The van der Waals surface area contributed by atoms with Crippen molar-refractivity contribution < 1.29 is 14.8 Å². The number of hydrogen-bond donors (Lipinski definition) is 1. The molecule has 0 aliphatic heterocycles. The van der Waals surface area contributed by atoms with Crippen LogP contribution < -0.4 is 21.3 Å². The zero-order valence-electron chi connectivity index (χ0n) is 15.5. The lowest BCUT2D eigenvalue weighted by Crippen LogP contribution is -3.05. The fourth-order valence-electron chi connectivity index (χ4n) is 3.67. The molecule has 0 fully saturated rings. The van der Waals surface area contributed by atoms with Gasteiger partial charge in [-0.25, -0.2) is 4.79 Å². The fraction of sp³-hybridized carbons (Fsp3) is 0.611. The van der Waals surface area contributed by atoms with Crippen molar-refractivity contribution in [3.8, 4) is 0 Å². The Morgan fingerprint density at radius 3 is 2.69 bits per heavy atom. The molecule has 142 valence electrons. The summed E-state index contributed by atoms with van der Waals surface area (Å²) in [5, 5.41) is 11.6. The largest absolute Gasteiger partial charge is 0.548 e. The van der Waals surface area contributed by atoms with Gasteiger partial charge in [-0.3, -0.25) is 13.9 Å². The van der Waals surface area contributed by atoms with E-state index in [4.69, 9.17) is 0 Å². The molecule has 2 heterocycles. The number of aromatic nitrogens is 2. The number of carboxylic acid groups (broad SMARTS) is 1. The topological polar surface area (TPSA) is 88.6 Å². The van der Waals surface area contributed by atoms with Crippen molar-refractivity contribution in [3.05, 3.63) is 31.3 Å². The van der Waals surface area contributed by atoms with E-state index in [0.29, 0.717) is 22.7 Å². The number of carboxylic acids is 1. The summed E-state index contributed by atoms with van der Waals surface area (Å²) in [6.45, 7) is 2.81. The third-order valence-electron chi connectivity index (χ3n) is 5.00. The van der Waals surface area contributed by atoms with Crippen LogP contribution >= 0.6 is 11.3 Å². The second-order valence-corrected chi connectivity index (χ2v) is 8.62. The first-order valence-electron chi connectivity index (χ1n) is 9.06. The lowest BCUT2D eigenvalue weighted by atomic mass is 9.89. The van der Waals surface area contributed by atoms with E-state index in [1.807, 2.05) is 14.1 Å². The molecule has 2 aromatic heterocycles. The average Bonchev–Trinajstić information content (AvgIpc) is 2.92. The molecule has 0 bridgehead atoms. The van der Waals surface area contributed by atoms with Crippen LogP contribution in [0, 0.1) is 5.92 Å². The normalized spacial score (nSPS) is 17.0. The second-order valence-electron chi connectivity index (χ2n) is 7.54. The number of rotatable bonds is 6. The third-order valence-corrected chi connectivity index (χ3v) is 6.32. The van der Waals surface area contributed by atoms with Crippen molar-refractivity contribution in [3.63, 3.8) is 0 Å². The molecule has 1 aliphatic carbocycles. The predicted octanol–water partition coefficient (Wildman–Crippen LogP) is -1.37. The monoisotopic (exact) mass is 379 g/mol. The first kappa shape index (κ1) is 18.8. The number of hydrogen-bond acceptors (Lipinski definition) is 5. The lowest BCUT2D eigenvalue weighted by molar-refractivity contribution is -0.858. The van der Waals surface area contributed by atoms with Gasteiger partial charge in [0.2, 0.25) is 0 Å². The van der Waals surface area contributed by atoms with Gasteiger partial charge < -0.3 is 14.8 Å². The summed E-state index contributed by atoms with van der Waals surface area (Å²) >= 11 is 1.52. The van der Waals surface area contributed by atoms with Crippen LogP contribution in [0.25, 0.3) is 10.2 Å². The van der Waals surface area contributed by atoms with Crippen molar-refractivity contribution in [2.75, 3.05) is 20.6 Å². The van der Waals surface area contributed by atoms with Gasteiger partial charge >= 0.3 is 5.69 Å². The molecule has 0 radical (unpaired) electrons.